The topological polar surface area (TPSA) is 90.9 Å². The number of amides is 1. The predicted molar refractivity (Wildman–Crippen MR) is 85.2 cm³/mol. The molecule has 1 heterocycles. The second-order valence-electron chi connectivity index (χ2n) is 4.73. The number of thioether (sulfide) groups is 1. The molecule has 0 aliphatic carbocycles. The molecule has 1 aliphatic rings. The van der Waals surface area contributed by atoms with Crippen LogP contribution in [0.2, 0.25) is 0 Å². The van der Waals surface area contributed by atoms with Gasteiger partial charge in [-0.05, 0) is 13.0 Å². The van der Waals surface area contributed by atoms with Crippen molar-refractivity contribution in [3.63, 3.8) is 0 Å². The van der Waals surface area contributed by atoms with Crippen LogP contribution < -0.4 is 14.8 Å². The summed E-state index contributed by atoms with van der Waals surface area (Å²) in [6, 6.07) is 3.14. The van der Waals surface area contributed by atoms with Gasteiger partial charge in [-0.15, -0.1) is 0 Å². The van der Waals surface area contributed by atoms with Gasteiger partial charge in [0, 0.05) is 17.4 Å². The minimum Gasteiger partial charge on any atom is -0.469 e. The fourth-order valence-corrected chi connectivity index (χ4v) is 2.66. The van der Waals surface area contributed by atoms with Gasteiger partial charge in [0.25, 0.3) is 0 Å². The standard InChI is InChI=1S/C15H17NO6S/c1-9(17)10-5-12-13(22-8-21-12)6-11(10)16-14(18)7-23-4-3-15(19)20-2/h5-6H,3-4,7-8H2,1-2H3,(H,16,18). The van der Waals surface area contributed by atoms with Crippen molar-refractivity contribution >= 4 is 35.1 Å². The number of hydrogen-bond acceptors (Lipinski definition) is 7. The molecule has 1 amide bonds. The summed E-state index contributed by atoms with van der Waals surface area (Å²) in [5.41, 5.74) is 0.752. The second kappa shape index (κ2) is 7.87. The molecule has 7 nitrogen and oxygen atoms in total. The molecular formula is C15H17NO6S. The molecule has 0 saturated carbocycles. The summed E-state index contributed by atoms with van der Waals surface area (Å²) < 4.78 is 15.0. The minimum atomic E-state index is -0.312. The molecule has 1 aromatic rings. The zero-order valence-corrected chi connectivity index (χ0v) is 13.7. The molecule has 8 heteroatoms. The fourth-order valence-electron chi connectivity index (χ4n) is 1.95. The van der Waals surface area contributed by atoms with E-state index < -0.39 is 0 Å². The molecular weight excluding hydrogens is 322 g/mol. The van der Waals surface area contributed by atoms with Crippen molar-refractivity contribution in [2.75, 3.05) is 30.7 Å². The molecule has 0 saturated heterocycles. The van der Waals surface area contributed by atoms with Crippen molar-refractivity contribution in [3.8, 4) is 11.5 Å². The van der Waals surface area contributed by atoms with E-state index in [9.17, 15) is 14.4 Å². The number of benzene rings is 1. The SMILES string of the molecule is COC(=O)CCSCC(=O)Nc1cc2c(cc1C(C)=O)OCO2. The summed E-state index contributed by atoms with van der Waals surface area (Å²) in [7, 11) is 1.32. The van der Waals surface area contributed by atoms with Crippen LogP contribution in [-0.4, -0.2) is 43.1 Å². The number of carbonyl (C=O) groups is 3. The monoisotopic (exact) mass is 339 g/mol. The first-order chi connectivity index (χ1) is 11.0. The first-order valence-electron chi connectivity index (χ1n) is 6.90. The molecule has 1 aliphatic heterocycles. The van der Waals surface area contributed by atoms with Gasteiger partial charge in [-0.25, -0.2) is 0 Å². The summed E-state index contributed by atoms with van der Waals surface area (Å²) in [6.07, 6.45) is 0.247. The lowest BCUT2D eigenvalue weighted by atomic mass is 10.1. The molecule has 0 fully saturated rings. The number of carbonyl (C=O) groups excluding carboxylic acids is 3. The van der Waals surface area contributed by atoms with Gasteiger partial charge < -0.3 is 19.5 Å². The molecule has 2 rings (SSSR count). The van der Waals surface area contributed by atoms with E-state index in [4.69, 9.17) is 9.47 Å². The lowest BCUT2D eigenvalue weighted by molar-refractivity contribution is -0.140. The van der Waals surface area contributed by atoms with E-state index in [0.29, 0.717) is 28.5 Å². The quantitative estimate of drug-likeness (QED) is 0.460. The van der Waals surface area contributed by atoms with Crippen LogP contribution in [0.3, 0.4) is 0 Å². The second-order valence-corrected chi connectivity index (χ2v) is 5.84. The number of anilines is 1. The van der Waals surface area contributed by atoms with Crippen LogP contribution in [0, 0.1) is 0 Å². The first kappa shape index (κ1) is 17.1. The van der Waals surface area contributed by atoms with Crippen molar-refractivity contribution in [3.05, 3.63) is 17.7 Å². The molecule has 124 valence electrons. The highest BCUT2D eigenvalue weighted by molar-refractivity contribution is 7.99. The van der Waals surface area contributed by atoms with Crippen molar-refractivity contribution in [1.29, 1.82) is 0 Å². The van der Waals surface area contributed by atoms with Crippen LogP contribution in [0.1, 0.15) is 23.7 Å². The van der Waals surface area contributed by atoms with E-state index in [2.05, 4.69) is 10.1 Å². The zero-order valence-electron chi connectivity index (χ0n) is 12.8. The molecule has 0 radical (unpaired) electrons. The number of hydrogen-bond donors (Lipinski definition) is 1. The van der Waals surface area contributed by atoms with E-state index in [1.807, 2.05) is 0 Å². The Kier molecular flexibility index (Phi) is 5.86. The number of Topliss-reactive ketones (excluding diaryl/α,β-unsaturated/α-hetero) is 1. The third-order valence-electron chi connectivity index (χ3n) is 3.08. The Morgan fingerprint density at radius 2 is 1.96 bits per heavy atom. The van der Waals surface area contributed by atoms with Gasteiger partial charge in [-0.1, -0.05) is 0 Å². The maximum Gasteiger partial charge on any atom is 0.306 e. The van der Waals surface area contributed by atoms with E-state index in [0.717, 1.165) is 0 Å². The fraction of sp³-hybridized carbons (Fsp3) is 0.400. The van der Waals surface area contributed by atoms with Gasteiger partial charge in [-0.2, -0.15) is 11.8 Å². The number of nitrogens with one attached hydrogen (secondary N) is 1. The van der Waals surface area contributed by atoms with Crippen molar-refractivity contribution < 1.29 is 28.6 Å². The number of ketones is 1. The molecule has 0 aromatic heterocycles. The van der Waals surface area contributed by atoms with Gasteiger partial charge in [0.1, 0.15) is 0 Å². The summed E-state index contributed by atoms with van der Waals surface area (Å²) in [5.74, 6) is 0.874. The highest BCUT2D eigenvalue weighted by Gasteiger charge is 2.20. The van der Waals surface area contributed by atoms with Crippen molar-refractivity contribution in [2.24, 2.45) is 0 Å². The van der Waals surface area contributed by atoms with Crippen LogP contribution in [0.5, 0.6) is 11.5 Å². The number of methoxy groups -OCH3 is 1. The van der Waals surface area contributed by atoms with Gasteiger partial charge in [0.2, 0.25) is 12.7 Å². The third-order valence-corrected chi connectivity index (χ3v) is 4.04. The number of fused-ring (bicyclic) bond motifs is 1. The van der Waals surface area contributed by atoms with Gasteiger partial charge >= 0.3 is 5.97 Å². The molecule has 23 heavy (non-hydrogen) atoms. The van der Waals surface area contributed by atoms with Crippen LogP contribution in [-0.2, 0) is 14.3 Å². The molecule has 0 unspecified atom stereocenters. The summed E-state index contributed by atoms with van der Waals surface area (Å²) >= 11 is 1.31. The Hall–Kier alpha value is -2.22. The Morgan fingerprint density at radius 1 is 1.26 bits per heavy atom. The van der Waals surface area contributed by atoms with Gasteiger partial charge in [0.15, 0.2) is 17.3 Å². The lowest BCUT2D eigenvalue weighted by Gasteiger charge is -2.10. The Morgan fingerprint density at radius 3 is 2.61 bits per heavy atom. The van der Waals surface area contributed by atoms with E-state index in [1.54, 1.807) is 12.1 Å². The number of rotatable bonds is 7. The van der Waals surface area contributed by atoms with Crippen molar-refractivity contribution in [2.45, 2.75) is 13.3 Å². The normalized spacial score (nSPS) is 11.9. The summed E-state index contributed by atoms with van der Waals surface area (Å²) in [5, 5.41) is 2.69. The lowest BCUT2D eigenvalue weighted by Crippen LogP contribution is -2.16. The van der Waals surface area contributed by atoms with Gasteiger partial charge in [0.05, 0.1) is 25.0 Å². The first-order valence-corrected chi connectivity index (χ1v) is 8.05. The van der Waals surface area contributed by atoms with Gasteiger partial charge in [-0.3, -0.25) is 14.4 Å². The highest BCUT2D eigenvalue weighted by Crippen LogP contribution is 2.37. The van der Waals surface area contributed by atoms with E-state index in [1.165, 1.54) is 25.8 Å². The zero-order chi connectivity index (χ0) is 16.8. The molecule has 1 aromatic carbocycles. The number of ether oxygens (including phenoxy) is 3. The average molecular weight is 339 g/mol. The van der Waals surface area contributed by atoms with Crippen molar-refractivity contribution in [1.82, 2.24) is 0 Å². The highest BCUT2D eigenvalue weighted by atomic mass is 32.2. The minimum absolute atomic E-state index is 0.0907. The Balaban J connectivity index is 1.95. The number of esters is 1. The maximum absolute atomic E-state index is 12.0. The summed E-state index contributed by atoms with van der Waals surface area (Å²) in [6.45, 7) is 1.51. The smallest absolute Gasteiger partial charge is 0.306 e. The summed E-state index contributed by atoms with van der Waals surface area (Å²) in [4.78, 5) is 34.7. The largest absolute Gasteiger partial charge is 0.469 e. The Labute approximate surface area is 137 Å². The van der Waals surface area contributed by atoms with Crippen LogP contribution in [0.15, 0.2) is 12.1 Å². The van der Waals surface area contributed by atoms with E-state index >= 15 is 0 Å². The third kappa shape index (κ3) is 4.62. The van der Waals surface area contributed by atoms with Crippen LogP contribution >= 0.6 is 11.8 Å². The Bertz CT molecular complexity index is 631. The molecule has 0 atom stereocenters. The predicted octanol–water partition coefficient (Wildman–Crippen LogP) is 1.85. The molecule has 0 spiro atoms. The maximum atomic E-state index is 12.0. The van der Waals surface area contributed by atoms with E-state index in [-0.39, 0.29) is 36.6 Å². The van der Waals surface area contributed by atoms with Crippen LogP contribution in [0.4, 0.5) is 5.69 Å². The molecule has 1 N–H and O–H groups in total. The van der Waals surface area contributed by atoms with Crippen LogP contribution in [0.25, 0.3) is 0 Å². The average Bonchev–Trinajstić information content (AvgIpc) is 2.97. The molecule has 0 bridgehead atoms.